The van der Waals surface area contributed by atoms with E-state index < -0.39 is 0 Å². The molecule has 1 saturated heterocycles. The molecular weight excluding hydrogens is 174 g/mol. The van der Waals surface area contributed by atoms with Crippen LogP contribution in [-0.4, -0.2) is 51.2 Å². The highest BCUT2D eigenvalue weighted by Crippen LogP contribution is 2.16. The van der Waals surface area contributed by atoms with Gasteiger partial charge < -0.3 is 15.5 Å². The minimum absolute atomic E-state index is 0.847. The van der Waals surface area contributed by atoms with Crippen molar-refractivity contribution in [1.82, 2.24) is 15.5 Å². The Hall–Kier alpha value is -0.120. The summed E-state index contributed by atoms with van der Waals surface area (Å²) in [7, 11) is 4.21. The molecule has 1 heterocycles. The minimum Gasteiger partial charge on any atom is -0.317 e. The van der Waals surface area contributed by atoms with Crippen LogP contribution >= 0.6 is 0 Å². The summed E-state index contributed by atoms with van der Waals surface area (Å²) in [4.78, 5) is 2.33. The lowest BCUT2D eigenvalue weighted by Crippen LogP contribution is -2.40. The second-order valence-corrected chi connectivity index (χ2v) is 4.32. The predicted octanol–water partition coefficient (Wildman–Crippen LogP) is 0.670. The maximum atomic E-state index is 3.27. The van der Waals surface area contributed by atoms with Crippen LogP contribution in [-0.2, 0) is 0 Å². The van der Waals surface area contributed by atoms with Crippen LogP contribution in [0.3, 0.4) is 0 Å². The van der Waals surface area contributed by atoms with Crippen LogP contribution in [0.1, 0.15) is 25.7 Å². The smallest absolute Gasteiger partial charge is 0.0104 e. The summed E-state index contributed by atoms with van der Waals surface area (Å²) in [6.07, 6.45) is 5.67. The first kappa shape index (κ1) is 12.0. The van der Waals surface area contributed by atoms with Gasteiger partial charge in [-0.05, 0) is 26.9 Å². The van der Waals surface area contributed by atoms with Gasteiger partial charge in [0.05, 0.1) is 0 Å². The van der Waals surface area contributed by atoms with Crippen LogP contribution in [0.25, 0.3) is 0 Å². The average Bonchev–Trinajstić information content (AvgIpc) is 2.72. The summed E-state index contributed by atoms with van der Waals surface area (Å²) in [5.74, 6) is 0. The third kappa shape index (κ3) is 4.94. The molecule has 1 saturated carbocycles. The second kappa shape index (κ2) is 7.21. The fraction of sp³-hybridized carbons (Fsp3) is 1.00. The van der Waals surface area contributed by atoms with Gasteiger partial charge in [0, 0.05) is 32.2 Å². The number of rotatable bonds is 1. The highest BCUT2D eigenvalue weighted by atomic mass is 15.2. The molecule has 0 unspecified atom stereocenters. The van der Waals surface area contributed by atoms with E-state index in [-0.39, 0.29) is 0 Å². The van der Waals surface area contributed by atoms with Gasteiger partial charge in [-0.2, -0.15) is 0 Å². The summed E-state index contributed by atoms with van der Waals surface area (Å²) in [5, 5.41) is 6.54. The van der Waals surface area contributed by atoms with E-state index >= 15 is 0 Å². The lowest BCUT2D eigenvalue weighted by molar-refractivity contribution is 0.291. The quantitative estimate of drug-likeness (QED) is 0.650. The van der Waals surface area contributed by atoms with E-state index in [9.17, 15) is 0 Å². The molecule has 3 nitrogen and oxygen atoms in total. The third-order valence-corrected chi connectivity index (χ3v) is 3.10. The van der Waals surface area contributed by atoms with Gasteiger partial charge >= 0.3 is 0 Å². The molecule has 84 valence electrons. The van der Waals surface area contributed by atoms with E-state index in [1.54, 1.807) is 0 Å². The zero-order valence-electron chi connectivity index (χ0n) is 9.68. The molecule has 2 N–H and O–H groups in total. The maximum Gasteiger partial charge on any atom is 0.0104 e. The lowest BCUT2D eigenvalue weighted by Gasteiger charge is -2.21. The number of nitrogens with one attached hydrogen (secondary N) is 2. The van der Waals surface area contributed by atoms with E-state index in [1.165, 1.54) is 38.8 Å². The molecule has 0 bridgehead atoms. The van der Waals surface area contributed by atoms with Crippen LogP contribution in [0.5, 0.6) is 0 Å². The predicted molar refractivity (Wildman–Crippen MR) is 61.7 cm³/mol. The molecule has 2 aliphatic rings. The summed E-state index contributed by atoms with van der Waals surface area (Å²) >= 11 is 0. The molecule has 0 radical (unpaired) electrons. The van der Waals surface area contributed by atoms with Gasteiger partial charge in [0.15, 0.2) is 0 Å². The number of hydrogen-bond donors (Lipinski definition) is 2. The molecule has 3 heteroatoms. The molecular formula is C11H25N3. The molecule has 1 aliphatic carbocycles. The lowest BCUT2D eigenvalue weighted by atomic mass is 10.3. The molecule has 0 aromatic heterocycles. The SMILES string of the molecule is CN1CCNCC1.CNC1CCCC1. The van der Waals surface area contributed by atoms with Gasteiger partial charge in [-0.3, -0.25) is 0 Å². The van der Waals surface area contributed by atoms with Gasteiger partial charge in [0.2, 0.25) is 0 Å². The number of likely N-dealkylation sites (N-methyl/N-ethyl adjacent to an activating group) is 1. The van der Waals surface area contributed by atoms with E-state index in [0.717, 1.165) is 19.1 Å². The van der Waals surface area contributed by atoms with Crippen molar-refractivity contribution in [1.29, 1.82) is 0 Å². The maximum absolute atomic E-state index is 3.27. The average molecular weight is 199 g/mol. The van der Waals surface area contributed by atoms with Crippen molar-refractivity contribution in [3.8, 4) is 0 Å². The van der Waals surface area contributed by atoms with E-state index in [2.05, 4.69) is 29.6 Å². The normalized spacial score (nSPS) is 24.4. The van der Waals surface area contributed by atoms with Crippen LogP contribution in [0, 0.1) is 0 Å². The Labute approximate surface area is 88.2 Å². The van der Waals surface area contributed by atoms with Crippen LogP contribution in [0.4, 0.5) is 0 Å². The van der Waals surface area contributed by atoms with E-state index in [0.29, 0.717) is 0 Å². The monoisotopic (exact) mass is 199 g/mol. The third-order valence-electron chi connectivity index (χ3n) is 3.10. The summed E-state index contributed by atoms with van der Waals surface area (Å²) in [6.45, 7) is 4.74. The molecule has 1 aliphatic heterocycles. The van der Waals surface area contributed by atoms with E-state index in [4.69, 9.17) is 0 Å². The Bertz CT molecular complexity index is 126. The number of hydrogen-bond acceptors (Lipinski definition) is 3. The molecule has 0 spiro atoms. The fourth-order valence-electron chi connectivity index (χ4n) is 1.99. The van der Waals surface area contributed by atoms with Crippen molar-refractivity contribution in [2.24, 2.45) is 0 Å². The summed E-state index contributed by atoms with van der Waals surface area (Å²) < 4.78 is 0. The van der Waals surface area contributed by atoms with E-state index in [1.807, 2.05) is 0 Å². The molecule has 2 rings (SSSR count). The van der Waals surface area contributed by atoms with Gasteiger partial charge in [-0.25, -0.2) is 0 Å². The van der Waals surface area contributed by atoms with Crippen LogP contribution in [0.2, 0.25) is 0 Å². The fourth-order valence-corrected chi connectivity index (χ4v) is 1.99. The van der Waals surface area contributed by atoms with Crippen LogP contribution < -0.4 is 10.6 Å². The highest BCUT2D eigenvalue weighted by molar-refractivity contribution is 4.70. The largest absolute Gasteiger partial charge is 0.317 e. The summed E-state index contributed by atoms with van der Waals surface area (Å²) in [5.41, 5.74) is 0. The second-order valence-electron chi connectivity index (χ2n) is 4.32. The topological polar surface area (TPSA) is 27.3 Å². The number of piperazine rings is 1. The molecule has 0 atom stereocenters. The van der Waals surface area contributed by atoms with Crippen molar-refractivity contribution in [2.45, 2.75) is 31.7 Å². The Morgan fingerprint density at radius 2 is 1.71 bits per heavy atom. The number of nitrogens with zero attached hydrogens (tertiary/aromatic N) is 1. The van der Waals surface area contributed by atoms with Crippen molar-refractivity contribution >= 4 is 0 Å². The first-order chi connectivity index (χ1) is 6.83. The first-order valence-electron chi connectivity index (χ1n) is 5.89. The summed E-state index contributed by atoms with van der Waals surface area (Å²) in [6, 6.07) is 0.847. The molecule has 2 fully saturated rings. The highest BCUT2D eigenvalue weighted by Gasteiger charge is 2.10. The van der Waals surface area contributed by atoms with Crippen molar-refractivity contribution in [3.05, 3.63) is 0 Å². The van der Waals surface area contributed by atoms with Crippen LogP contribution in [0.15, 0.2) is 0 Å². The van der Waals surface area contributed by atoms with Gasteiger partial charge in [-0.15, -0.1) is 0 Å². The molecule has 14 heavy (non-hydrogen) atoms. The van der Waals surface area contributed by atoms with Gasteiger partial charge in [0.25, 0.3) is 0 Å². The Morgan fingerprint density at radius 3 is 2.00 bits per heavy atom. The van der Waals surface area contributed by atoms with Gasteiger partial charge in [-0.1, -0.05) is 12.8 Å². The Kier molecular flexibility index (Phi) is 6.15. The first-order valence-corrected chi connectivity index (χ1v) is 5.89. The van der Waals surface area contributed by atoms with Crippen molar-refractivity contribution < 1.29 is 0 Å². The van der Waals surface area contributed by atoms with Crippen molar-refractivity contribution in [3.63, 3.8) is 0 Å². The zero-order valence-corrected chi connectivity index (χ0v) is 9.68. The molecule has 0 amide bonds. The standard InChI is InChI=1S/C6H13N.C5H12N2/c1-7-6-4-2-3-5-6;1-7-4-2-6-3-5-7/h6-7H,2-5H2,1H3;6H,2-5H2,1H3. The zero-order chi connectivity index (χ0) is 10.2. The molecule has 0 aromatic rings. The van der Waals surface area contributed by atoms with Crippen molar-refractivity contribution in [2.75, 3.05) is 40.3 Å². The Morgan fingerprint density at radius 1 is 1.14 bits per heavy atom. The molecule has 0 aromatic carbocycles. The Balaban J connectivity index is 0.000000140. The minimum atomic E-state index is 0.847. The van der Waals surface area contributed by atoms with Gasteiger partial charge in [0.1, 0.15) is 0 Å².